The summed E-state index contributed by atoms with van der Waals surface area (Å²) < 4.78 is 0. The number of rotatable bonds is 5. The molecule has 0 bridgehead atoms. The van der Waals surface area contributed by atoms with Crippen molar-refractivity contribution >= 4 is 23.2 Å². The first-order valence-electron chi connectivity index (χ1n) is 8.66. The van der Waals surface area contributed by atoms with Crippen molar-refractivity contribution in [3.8, 4) is 0 Å². The number of nitrogens with zero attached hydrogens (tertiary/aromatic N) is 1. The van der Waals surface area contributed by atoms with E-state index in [1.807, 2.05) is 42.5 Å². The number of amides is 2. The van der Waals surface area contributed by atoms with Gasteiger partial charge in [-0.25, -0.2) is 0 Å². The van der Waals surface area contributed by atoms with Crippen molar-refractivity contribution < 1.29 is 9.59 Å². The minimum absolute atomic E-state index is 0.118. The Morgan fingerprint density at radius 3 is 2.40 bits per heavy atom. The van der Waals surface area contributed by atoms with Crippen molar-refractivity contribution in [2.75, 3.05) is 23.3 Å². The molecule has 2 amide bonds. The minimum atomic E-state index is -0.472. The Hall–Kier alpha value is -2.82. The number of hydrogen-bond acceptors (Lipinski definition) is 3. The Bertz CT molecular complexity index is 753. The minimum Gasteiger partial charge on any atom is -0.371 e. The predicted molar refractivity (Wildman–Crippen MR) is 99.8 cm³/mol. The molecule has 25 heavy (non-hydrogen) atoms. The van der Waals surface area contributed by atoms with E-state index in [1.54, 1.807) is 6.07 Å². The Labute approximate surface area is 147 Å². The van der Waals surface area contributed by atoms with Crippen molar-refractivity contribution in [1.29, 1.82) is 0 Å². The number of piperidine rings is 1. The zero-order valence-corrected chi connectivity index (χ0v) is 14.2. The molecule has 1 aliphatic heterocycles. The zero-order chi connectivity index (χ0) is 17.6. The Balaban J connectivity index is 1.74. The zero-order valence-electron chi connectivity index (χ0n) is 14.2. The molecule has 3 N–H and O–H groups in total. The molecule has 0 unspecified atom stereocenters. The van der Waals surface area contributed by atoms with Gasteiger partial charge in [-0.15, -0.1) is 0 Å². The SMILES string of the molecule is NC(=O)c1cc(NC(=O)Cc2ccccc2)ccc1N1CCCCC1. The molecular formula is C20H23N3O2. The average molecular weight is 337 g/mol. The summed E-state index contributed by atoms with van der Waals surface area (Å²) in [6.45, 7) is 1.86. The molecule has 1 aliphatic rings. The summed E-state index contributed by atoms with van der Waals surface area (Å²) in [6, 6.07) is 14.9. The quantitative estimate of drug-likeness (QED) is 0.881. The third kappa shape index (κ3) is 4.38. The van der Waals surface area contributed by atoms with Gasteiger partial charge in [0.1, 0.15) is 0 Å². The van der Waals surface area contributed by atoms with Crippen LogP contribution in [-0.2, 0) is 11.2 Å². The highest BCUT2D eigenvalue weighted by Crippen LogP contribution is 2.27. The lowest BCUT2D eigenvalue weighted by Gasteiger charge is -2.30. The summed E-state index contributed by atoms with van der Waals surface area (Å²) in [5.74, 6) is -0.591. The van der Waals surface area contributed by atoms with Crippen LogP contribution in [0.25, 0.3) is 0 Å². The topological polar surface area (TPSA) is 75.4 Å². The molecule has 0 spiro atoms. The molecule has 5 nitrogen and oxygen atoms in total. The van der Waals surface area contributed by atoms with Gasteiger partial charge in [0.2, 0.25) is 5.91 Å². The fourth-order valence-corrected chi connectivity index (χ4v) is 3.21. The van der Waals surface area contributed by atoms with Gasteiger partial charge in [0.05, 0.1) is 12.0 Å². The van der Waals surface area contributed by atoms with Gasteiger partial charge >= 0.3 is 0 Å². The molecule has 2 aromatic carbocycles. The van der Waals surface area contributed by atoms with Crippen LogP contribution in [0.1, 0.15) is 35.2 Å². The lowest BCUT2D eigenvalue weighted by Crippen LogP contribution is -2.31. The molecular weight excluding hydrogens is 314 g/mol. The summed E-state index contributed by atoms with van der Waals surface area (Å²) in [5, 5.41) is 2.85. The van der Waals surface area contributed by atoms with E-state index in [2.05, 4.69) is 10.2 Å². The van der Waals surface area contributed by atoms with E-state index in [0.29, 0.717) is 17.7 Å². The smallest absolute Gasteiger partial charge is 0.250 e. The maximum Gasteiger partial charge on any atom is 0.250 e. The van der Waals surface area contributed by atoms with E-state index in [9.17, 15) is 9.59 Å². The Morgan fingerprint density at radius 2 is 1.72 bits per heavy atom. The molecule has 130 valence electrons. The number of benzene rings is 2. The summed E-state index contributed by atoms with van der Waals surface area (Å²) in [4.78, 5) is 26.3. The molecule has 1 fully saturated rings. The average Bonchev–Trinajstić information content (AvgIpc) is 2.63. The van der Waals surface area contributed by atoms with Crippen LogP contribution < -0.4 is 16.0 Å². The summed E-state index contributed by atoms with van der Waals surface area (Å²) in [6.07, 6.45) is 3.75. The fourth-order valence-electron chi connectivity index (χ4n) is 3.21. The van der Waals surface area contributed by atoms with Gasteiger partial charge < -0.3 is 16.0 Å². The van der Waals surface area contributed by atoms with Crippen LogP contribution in [0.4, 0.5) is 11.4 Å². The molecule has 0 aliphatic carbocycles. The Kier molecular flexibility index (Phi) is 5.33. The number of anilines is 2. The molecule has 5 heteroatoms. The van der Waals surface area contributed by atoms with Gasteiger partial charge in [-0.3, -0.25) is 9.59 Å². The second kappa shape index (κ2) is 7.83. The van der Waals surface area contributed by atoms with Gasteiger partial charge in [0.25, 0.3) is 5.91 Å². The number of nitrogens with two attached hydrogens (primary N) is 1. The van der Waals surface area contributed by atoms with Crippen molar-refractivity contribution in [2.45, 2.75) is 25.7 Å². The molecule has 2 aromatic rings. The van der Waals surface area contributed by atoms with E-state index >= 15 is 0 Å². The molecule has 1 heterocycles. The van der Waals surface area contributed by atoms with Crippen LogP contribution in [-0.4, -0.2) is 24.9 Å². The third-order valence-electron chi connectivity index (χ3n) is 4.45. The number of carbonyl (C=O) groups excluding carboxylic acids is 2. The third-order valence-corrected chi connectivity index (χ3v) is 4.45. The van der Waals surface area contributed by atoms with Crippen LogP contribution in [0.3, 0.4) is 0 Å². The summed E-state index contributed by atoms with van der Waals surface area (Å²) in [5.41, 5.74) is 8.42. The number of carbonyl (C=O) groups is 2. The van der Waals surface area contributed by atoms with Gasteiger partial charge in [0, 0.05) is 24.5 Å². The predicted octanol–water partition coefficient (Wildman–Crippen LogP) is 2.96. The van der Waals surface area contributed by atoms with Crippen molar-refractivity contribution in [3.63, 3.8) is 0 Å². The second-order valence-electron chi connectivity index (χ2n) is 6.35. The van der Waals surface area contributed by atoms with Gasteiger partial charge in [-0.05, 0) is 43.0 Å². The lowest BCUT2D eigenvalue weighted by molar-refractivity contribution is -0.115. The first kappa shape index (κ1) is 17.0. The van der Waals surface area contributed by atoms with Crippen molar-refractivity contribution in [3.05, 3.63) is 59.7 Å². The number of nitrogens with one attached hydrogen (secondary N) is 1. The van der Waals surface area contributed by atoms with Crippen LogP contribution in [0.15, 0.2) is 48.5 Å². The first-order chi connectivity index (χ1) is 12.1. The fraction of sp³-hybridized carbons (Fsp3) is 0.300. The van der Waals surface area contributed by atoms with E-state index in [0.717, 1.165) is 37.2 Å². The molecule has 0 radical (unpaired) electrons. The van der Waals surface area contributed by atoms with Crippen LogP contribution in [0, 0.1) is 0 Å². The van der Waals surface area contributed by atoms with Crippen LogP contribution in [0.5, 0.6) is 0 Å². The normalized spacial score (nSPS) is 14.2. The number of primary amides is 1. The molecule has 1 saturated heterocycles. The highest BCUT2D eigenvalue weighted by Gasteiger charge is 2.18. The monoisotopic (exact) mass is 337 g/mol. The number of hydrogen-bond donors (Lipinski definition) is 2. The van der Waals surface area contributed by atoms with Crippen LogP contribution >= 0.6 is 0 Å². The maximum absolute atomic E-state index is 12.2. The molecule has 3 rings (SSSR count). The first-order valence-corrected chi connectivity index (χ1v) is 8.66. The maximum atomic E-state index is 12.2. The van der Waals surface area contributed by atoms with E-state index in [1.165, 1.54) is 6.42 Å². The standard InChI is InChI=1S/C20H23N3O2/c21-20(25)17-14-16(9-10-18(17)23-11-5-2-6-12-23)22-19(24)13-15-7-3-1-4-8-15/h1,3-4,7-10,14H,2,5-6,11-13H2,(H2,21,25)(H,22,24). The lowest BCUT2D eigenvalue weighted by atomic mass is 10.1. The van der Waals surface area contributed by atoms with E-state index in [4.69, 9.17) is 5.73 Å². The molecule has 0 aromatic heterocycles. The Morgan fingerprint density at radius 1 is 1.00 bits per heavy atom. The van der Waals surface area contributed by atoms with Gasteiger partial charge in [-0.1, -0.05) is 30.3 Å². The highest BCUT2D eigenvalue weighted by atomic mass is 16.2. The van der Waals surface area contributed by atoms with Gasteiger partial charge in [-0.2, -0.15) is 0 Å². The molecule has 0 atom stereocenters. The summed E-state index contributed by atoms with van der Waals surface area (Å²) >= 11 is 0. The van der Waals surface area contributed by atoms with E-state index < -0.39 is 5.91 Å². The van der Waals surface area contributed by atoms with Crippen LogP contribution in [0.2, 0.25) is 0 Å². The van der Waals surface area contributed by atoms with Gasteiger partial charge in [0.15, 0.2) is 0 Å². The second-order valence-corrected chi connectivity index (χ2v) is 6.35. The largest absolute Gasteiger partial charge is 0.371 e. The van der Waals surface area contributed by atoms with E-state index in [-0.39, 0.29) is 5.91 Å². The molecule has 0 saturated carbocycles. The van der Waals surface area contributed by atoms with Crippen molar-refractivity contribution in [2.24, 2.45) is 5.73 Å². The summed E-state index contributed by atoms with van der Waals surface area (Å²) in [7, 11) is 0. The van der Waals surface area contributed by atoms with Crippen molar-refractivity contribution in [1.82, 2.24) is 0 Å². The highest BCUT2D eigenvalue weighted by molar-refractivity contribution is 6.01.